The van der Waals surface area contributed by atoms with Gasteiger partial charge < -0.3 is 19.5 Å². The quantitative estimate of drug-likeness (QED) is 0.730. The lowest BCUT2D eigenvalue weighted by Gasteiger charge is -2.29. The molecule has 0 atom stereocenters. The Labute approximate surface area is 168 Å². The molecule has 156 valence electrons. The average molecular weight is 406 g/mol. The van der Waals surface area contributed by atoms with Crippen LogP contribution in [0.5, 0.6) is 17.2 Å². The lowest BCUT2D eigenvalue weighted by atomic mass is 9.99. The molecule has 1 aliphatic heterocycles. The number of benzene rings is 2. The fourth-order valence-corrected chi connectivity index (χ4v) is 3.38. The van der Waals surface area contributed by atoms with Gasteiger partial charge in [0.25, 0.3) is 5.91 Å². The number of nitrogens with one attached hydrogen (secondary N) is 1. The molecule has 0 aliphatic carbocycles. The largest absolute Gasteiger partial charge is 0.493 e. The molecule has 0 saturated heterocycles. The number of halogens is 2. The number of carbonyl (C=O) groups is 1. The predicted molar refractivity (Wildman–Crippen MR) is 104 cm³/mol. The summed E-state index contributed by atoms with van der Waals surface area (Å²) in [5.41, 5.74) is 2.69. The molecule has 0 saturated carbocycles. The number of fused-ring (bicyclic) bond motifs is 1. The average Bonchev–Trinajstić information content (AvgIpc) is 2.72. The summed E-state index contributed by atoms with van der Waals surface area (Å²) in [6.45, 7) is -0.179. The third kappa shape index (κ3) is 5.35. The molecule has 0 bridgehead atoms. The molecule has 0 radical (unpaired) electrons. The zero-order valence-corrected chi connectivity index (χ0v) is 16.4. The van der Waals surface area contributed by atoms with Gasteiger partial charge in [-0.3, -0.25) is 9.69 Å². The van der Waals surface area contributed by atoms with Crippen molar-refractivity contribution in [2.45, 2.75) is 19.6 Å². The minimum atomic E-state index is -2.92. The number of alkyl halides is 2. The third-order valence-corrected chi connectivity index (χ3v) is 4.83. The Balaban J connectivity index is 1.53. The van der Waals surface area contributed by atoms with E-state index in [1.165, 1.54) is 29.3 Å². The Kier molecular flexibility index (Phi) is 6.87. The molecule has 1 aliphatic rings. The van der Waals surface area contributed by atoms with Crippen LogP contribution >= 0.6 is 0 Å². The van der Waals surface area contributed by atoms with E-state index in [9.17, 15) is 13.6 Å². The minimum absolute atomic E-state index is 0.0373. The molecule has 0 unspecified atom stereocenters. The normalized spacial score (nSPS) is 13.7. The molecule has 0 aromatic heterocycles. The summed E-state index contributed by atoms with van der Waals surface area (Å²) < 4.78 is 39.7. The number of hydrogen-bond acceptors (Lipinski definition) is 5. The molecule has 1 amide bonds. The summed E-state index contributed by atoms with van der Waals surface area (Å²) in [5.74, 6) is 1.07. The van der Waals surface area contributed by atoms with Crippen LogP contribution in [0.4, 0.5) is 8.78 Å². The number of nitrogens with zero attached hydrogens (tertiary/aromatic N) is 1. The van der Waals surface area contributed by atoms with Gasteiger partial charge in [-0.25, -0.2) is 0 Å². The highest BCUT2D eigenvalue weighted by Gasteiger charge is 2.19. The molecule has 29 heavy (non-hydrogen) atoms. The lowest BCUT2D eigenvalue weighted by molar-refractivity contribution is -0.0498. The molecular formula is C21H24F2N2O4. The smallest absolute Gasteiger partial charge is 0.387 e. The predicted octanol–water partition coefficient (Wildman–Crippen LogP) is 3.09. The van der Waals surface area contributed by atoms with Gasteiger partial charge in [0.1, 0.15) is 5.75 Å². The van der Waals surface area contributed by atoms with E-state index in [0.29, 0.717) is 18.8 Å². The van der Waals surface area contributed by atoms with Gasteiger partial charge in [0.2, 0.25) is 0 Å². The highest BCUT2D eigenvalue weighted by atomic mass is 19.3. The van der Waals surface area contributed by atoms with Crippen LogP contribution in [-0.4, -0.2) is 51.3 Å². The van der Waals surface area contributed by atoms with E-state index in [4.69, 9.17) is 9.47 Å². The molecule has 1 N–H and O–H groups in total. The number of hydrogen-bond donors (Lipinski definition) is 1. The Bertz CT molecular complexity index is 861. The Morgan fingerprint density at radius 3 is 2.55 bits per heavy atom. The van der Waals surface area contributed by atoms with Gasteiger partial charge in [0.15, 0.2) is 11.5 Å². The van der Waals surface area contributed by atoms with Crippen LogP contribution in [0.1, 0.15) is 21.5 Å². The van der Waals surface area contributed by atoms with Crippen molar-refractivity contribution in [3.63, 3.8) is 0 Å². The molecule has 3 rings (SSSR count). The maximum atomic E-state index is 12.3. The summed E-state index contributed by atoms with van der Waals surface area (Å²) in [4.78, 5) is 14.5. The number of ether oxygens (including phenoxy) is 3. The van der Waals surface area contributed by atoms with Crippen molar-refractivity contribution in [1.29, 1.82) is 0 Å². The number of carbonyl (C=O) groups excluding carboxylic acids is 1. The second kappa shape index (κ2) is 9.56. The van der Waals surface area contributed by atoms with Crippen molar-refractivity contribution in [3.8, 4) is 17.2 Å². The first-order valence-electron chi connectivity index (χ1n) is 9.29. The first-order valence-corrected chi connectivity index (χ1v) is 9.29. The van der Waals surface area contributed by atoms with Crippen molar-refractivity contribution in [3.05, 3.63) is 53.1 Å². The summed E-state index contributed by atoms with van der Waals surface area (Å²) in [5, 5.41) is 2.82. The first kappa shape index (κ1) is 20.9. The van der Waals surface area contributed by atoms with Gasteiger partial charge in [0.05, 0.1) is 14.2 Å². The van der Waals surface area contributed by atoms with E-state index in [1.54, 1.807) is 20.3 Å². The van der Waals surface area contributed by atoms with E-state index in [0.717, 1.165) is 25.3 Å². The van der Waals surface area contributed by atoms with Crippen LogP contribution in [0.15, 0.2) is 36.4 Å². The van der Waals surface area contributed by atoms with Crippen LogP contribution in [0.2, 0.25) is 0 Å². The zero-order chi connectivity index (χ0) is 20.8. The minimum Gasteiger partial charge on any atom is -0.493 e. The van der Waals surface area contributed by atoms with E-state index in [2.05, 4.69) is 15.0 Å². The molecule has 0 fully saturated rings. The molecule has 6 nitrogen and oxygen atoms in total. The van der Waals surface area contributed by atoms with Gasteiger partial charge in [-0.2, -0.15) is 8.78 Å². The fraction of sp³-hybridized carbons (Fsp3) is 0.381. The van der Waals surface area contributed by atoms with Gasteiger partial charge >= 0.3 is 6.61 Å². The van der Waals surface area contributed by atoms with Crippen molar-refractivity contribution >= 4 is 5.91 Å². The number of rotatable bonds is 8. The monoisotopic (exact) mass is 406 g/mol. The summed E-state index contributed by atoms with van der Waals surface area (Å²) in [7, 11) is 3.24. The van der Waals surface area contributed by atoms with E-state index in [1.807, 2.05) is 12.1 Å². The molecule has 2 aromatic carbocycles. The maximum absolute atomic E-state index is 12.3. The Morgan fingerprint density at radius 1 is 1.14 bits per heavy atom. The maximum Gasteiger partial charge on any atom is 0.387 e. The van der Waals surface area contributed by atoms with Crippen molar-refractivity contribution in [2.75, 3.05) is 33.9 Å². The summed E-state index contributed by atoms with van der Waals surface area (Å²) >= 11 is 0. The zero-order valence-electron chi connectivity index (χ0n) is 16.4. The summed E-state index contributed by atoms with van der Waals surface area (Å²) in [6.07, 6.45) is 0.886. The topological polar surface area (TPSA) is 60.0 Å². The van der Waals surface area contributed by atoms with E-state index in [-0.39, 0.29) is 17.2 Å². The lowest BCUT2D eigenvalue weighted by Crippen LogP contribution is -2.37. The fourth-order valence-electron chi connectivity index (χ4n) is 3.38. The van der Waals surface area contributed by atoms with Crippen molar-refractivity contribution in [2.24, 2.45) is 0 Å². The molecular weight excluding hydrogens is 382 g/mol. The number of methoxy groups -OCH3 is 2. The second-order valence-electron chi connectivity index (χ2n) is 6.66. The van der Waals surface area contributed by atoms with Crippen LogP contribution in [-0.2, 0) is 13.0 Å². The standard InChI is InChI=1S/C21H24F2N2O4/c1-27-18-11-14-6-8-25(13-16(14)12-19(18)28-2)9-7-24-20(26)15-4-3-5-17(10-15)29-21(22)23/h3-5,10-12,21H,6-9,13H2,1-2H3,(H,24,26). The molecule has 2 aromatic rings. The van der Waals surface area contributed by atoms with Crippen LogP contribution < -0.4 is 19.5 Å². The first-order chi connectivity index (χ1) is 14.0. The summed E-state index contributed by atoms with van der Waals surface area (Å²) in [6, 6.07) is 9.77. The van der Waals surface area contributed by atoms with Crippen LogP contribution in [0.25, 0.3) is 0 Å². The third-order valence-electron chi connectivity index (χ3n) is 4.83. The SMILES string of the molecule is COc1cc2c(cc1OC)CN(CCNC(=O)c1cccc(OC(F)F)c1)CC2. The highest BCUT2D eigenvalue weighted by Crippen LogP contribution is 2.33. The van der Waals surface area contributed by atoms with Gasteiger partial charge in [-0.1, -0.05) is 6.07 Å². The second-order valence-corrected chi connectivity index (χ2v) is 6.66. The van der Waals surface area contributed by atoms with Crippen molar-refractivity contribution < 1.29 is 27.8 Å². The van der Waals surface area contributed by atoms with Crippen LogP contribution in [0, 0.1) is 0 Å². The molecule has 8 heteroatoms. The van der Waals surface area contributed by atoms with Gasteiger partial charge in [0, 0.05) is 31.7 Å². The molecule has 1 heterocycles. The van der Waals surface area contributed by atoms with Crippen molar-refractivity contribution in [1.82, 2.24) is 10.2 Å². The van der Waals surface area contributed by atoms with Gasteiger partial charge in [-0.15, -0.1) is 0 Å². The highest BCUT2D eigenvalue weighted by molar-refractivity contribution is 5.94. The number of amides is 1. The van der Waals surface area contributed by atoms with Gasteiger partial charge in [-0.05, 0) is 47.9 Å². The Morgan fingerprint density at radius 2 is 1.86 bits per heavy atom. The molecule has 0 spiro atoms. The van der Waals surface area contributed by atoms with Crippen LogP contribution in [0.3, 0.4) is 0 Å². The van der Waals surface area contributed by atoms with E-state index >= 15 is 0 Å². The van der Waals surface area contributed by atoms with E-state index < -0.39 is 6.61 Å². The Hall–Kier alpha value is -2.87.